The minimum Gasteiger partial charge on any atom is -0.444 e. The Morgan fingerprint density at radius 1 is 1.47 bits per heavy atom. The summed E-state index contributed by atoms with van der Waals surface area (Å²) < 4.78 is 10.9. The Hall–Kier alpha value is -1.28. The van der Waals surface area contributed by atoms with Crippen molar-refractivity contribution in [2.24, 2.45) is 0 Å². The first-order chi connectivity index (χ1) is 7.58. The van der Waals surface area contributed by atoms with Crippen molar-refractivity contribution in [3.63, 3.8) is 0 Å². The van der Waals surface area contributed by atoms with Crippen molar-refractivity contribution in [2.75, 3.05) is 0 Å². The fraction of sp³-hybridized carbons (Fsp3) is 0.833. The van der Waals surface area contributed by atoms with Crippen molar-refractivity contribution in [3.05, 3.63) is 0 Å². The van der Waals surface area contributed by atoms with Crippen LogP contribution in [0.3, 0.4) is 0 Å². The zero-order chi connectivity index (χ0) is 13.4. The Labute approximate surface area is 102 Å². The Balaban J connectivity index is 2.94. The second-order valence-corrected chi connectivity index (χ2v) is 5.69. The molecule has 2 atom stereocenters. The summed E-state index contributed by atoms with van der Waals surface area (Å²) in [5, 5.41) is 9.11. The van der Waals surface area contributed by atoms with E-state index in [1.165, 1.54) is 4.90 Å². The highest BCUT2D eigenvalue weighted by atomic mass is 16.6. The summed E-state index contributed by atoms with van der Waals surface area (Å²) in [5.41, 5.74) is -1.40. The molecule has 1 saturated heterocycles. The van der Waals surface area contributed by atoms with Gasteiger partial charge in [-0.3, -0.25) is 4.90 Å². The predicted molar refractivity (Wildman–Crippen MR) is 62.1 cm³/mol. The van der Waals surface area contributed by atoms with Crippen LogP contribution in [0.2, 0.25) is 0 Å². The third-order valence-electron chi connectivity index (χ3n) is 2.50. The fourth-order valence-electron chi connectivity index (χ4n) is 1.93. The molecular weight excluding hydrogens is 220 g/mol. The van der Waals surface area contributed by atoms with Gasteiger partial charge in [0.2, 0.25) is 0 Å². The summed E-state index contributed by atoms with van der Waals surface area (Å²) in [6.07, 6.45) is -0.832. The Bertz CT molecular complexity index is 352. The van der Waals surface area contributed by atoms with E-state index in [9.17, 15) is 4.79 Å². The van der Waals surface area contributed by atoms with E-state index < -0.39 is 23.5 Å². The smallest absolute Gasteiger partial charge is 0.413 e. The number of nitrogens with zero attached hydrogens (tertiary/aromatic N) is 2. The molecule has 5 nitrogen and oxygen atoms in total. The molecule has 0 spiro atoms. The molecular formula is C12H20N2O3. The Morgan fingerprint density at radius 3 is 2.41 bits per heavy atom. The van der Waals surface area contributed by atoms with Crippen LogP contribution in [0.5, 0.6) is 0 Å². The molecule has 17 heavy (non-hydrogen) atoms. The van der Waals surface area contributed by atoms with Gasteiger partial charge in [-0.2, -0.15) is 5.26 Å². The van der Waals surface area contributed by atoms with E-state index in [0.717, 1.165) is 0 Å². The first kappa shape index (κ1) is 13.8. The molecule has 1 heterocycles. The molecule has 1 aliphatic rings. The van der Waals surface area contributed by atoms with Gasteiger partial charge in [-0.05, 0) is 41.5 Å². The number of rotatable bonds is 0. The Morgan fingerprint density at radius 2 is 2.00 bits per heavy atom. The van der Waals surface area contributed by atoms with Crippen LogP contribution in [-0.4, -0.2) is 34.5 Å². The second kappa shape index (κ2) is 4.19. The number of hydrogen-bond acceptors (Lipinski definition) is 4. The summed E-state index contributed by atoms with van der Waals surface area (Å²) in [7, 11) is 0. The highest BCUT2D eigenvalue weighted by Crippen LogP contribution is 2.33. The average Bonchev–Trinajstić information content (AvgIpc) is 2.31. The third-order valence-corrected chi connectivity index (χ3v) is 2.50. The third kappa shape index (κ3) is 2.89. The molecule has 0 aromatic heterocycles. The maximum Gasteiger partial charge on any atom is 0.413 e. The lowest BCUT2D eigenvalue weighted by molar-refractivity contribution is -0.0751. The van der Waals surface area contributed by atoms with Crippen LogP contribution >= 0.6 is 0 Å². The first-order valence-corrected chi connectivity index (χ1v) is 5.68. The number of carbonyl (C=O) groups excluding carboxylic acids is 1. The molecule has 0 aromatic carbocycles. The molecule has 1 amide bonds. The molecule has 0 aliphatic carbocycles. The maximum atomic E-state index is 12.1. The Kier molecular flexibility index (Phi) is 3.40. The molecule has 0 bridgehead atoms. The van der Waals surface area contributed by atoms with E-state index in [-0.39, 0.29) is 6.10 Å². The van der Waals surface area contributed by atoms with Crippen molar-refractivity contribution in [3.8, 4) is 6.07 Å². The van der Waals surface area contributed by atoms with E-state index in [1.54, 1.807) is 41.5 Å². The second-order valence-electron chi connectivity index (χ2n) is 5.69. The molecule has 0 aromatic rings. The summed E-state index contributed by atoms with van der Waals surface area (Å²) in [4.78, 5) is 13.4. The lowest BCUT2D eigenvalue weighted by Gasteiger charge is -2.33. The summed E-state index contributed by atoms with van der Waals surface area (Å²) in [6.45, 7) is 10.7. The van der Waals surface area contributed by atoms with Gasteiger partial charge in [-0.1, -0.05) is 0 Å². The van der Waals surface area contributed by atoms with E-state index in [4.69, 9.17) is 14.7 Å². The van der Waals surface area contributed by atoms with Gasteiger partial charge in [0.1, 0.15) is 11.3 Å². The lowest BCUT2D eigenvalue weighted by Crippen LogP contribution is -2.49. The van der Waals surface area contributed by atoms with Gasteiger partial charge in [0.25, 0.3) is 0 Å². The zero-order valence-electron chi connectivity index (χ0n) is 11.3. The van der Waals surface area contributed by atoms with E-state index in [1.807, 2.05) is 0 Å². The summed E-state index contributed by atoms with van der Waals surface area (Å²) >= 11 is 0. The van der Waals surface area contributed by atoms with Crippen LogP contribution in [0.1, 0.15) is 41.5 Å². The molecule has 1 fully saturated rings. The number of amides is 1. The largest absolute Gasteiger partial charge is 0.444 e. The summed E-state index contributed by atoms with van der Waals surface area (Å²) in [6, 6.07) is 1.47. The molecule has 0 radical (unpaired) electrons. The van der Waals surface area contributed by atoms with Gasteiger partial charge in [0, 0.05) is 0 Å². The zero-order valence-corrected chi connectivity index (χ0v) is 11.3. The van der Waals surface area contributed by atoms with Crippen LogP contribution in [0.4, 0.5) is 4.79 Å². The van der Waals surface area contributed by atoms with Crippen LogP contribution < -0.4 is 0 Å². The van der Waals surface area contributed by atoms with E-state index in [2.05, 4.69) is 6.07 Å². The number of nitriles is 1. The highest BCUT2D eigenvalue weighted by Gasteiger charge is 2.49. The van der Waals surface area contributed by atoms with Crippen molar-refractivity contribution >= 4 is 6.09 Å². The average molecular weight is 240 g/mol. The standard InChI is InChI=1S/C12H20N2O3/c1-8-9(7-13)14(12(5,6)16-8)10(15)17-11(2,3)4/h8-9H,1-6H3/t8-,9+/m1/s1. The van der Waals surface area contributed by atoms with Crippen LogP contribution in [0.25, 0.3) is 0 Å². The van der Waals surface area contributed by atoms with Gasteiger partial charge in [-0.15, -0.1) is 0 Å². The number of carbonyl (C=O) groups is 1. The molecule has 1 rings (SSSR count). The van der Waals surface area contributed by atoms with Crippen molar-refractivity contribution in [1.29, 1.82) is 5.26 Å². The lowest BCUT2D eigenvalue weighted by atomic mass is 10.1. The van der Waals surface area contributed by atoms with Gasteiger partial charge >= 0.3 is 6.09 Å². The molecule has 0 unspecified atom stereocenters. The minimum absolute atomic E-state index is 0.317. The van der Waals surface area contributed by atoms with Crippen molar-refractivity contribution in [2.45, 2.75) is 65.0 Å². The predicted octanol–water partition coefficient (Wildman–Crippen LogP) is 2.27. The minimum atomic E-state index is -0.817. The van der Waals surface area contributed by atoms with Crippen LogP contribution in [-0.2, 0) is 9.47 Å². The molecule has 5 heteroatoms. The number of hydrogen-bond donors (Lipinski definition) is 0. The molecule has 0 N–H and O–H groups in total. The fourth-order valence-corrected chi connectivity index (χ4v) is 1.93. The normalized spacial score (nSPS) is 27.7. The molecule has 0 saturated carbocycles. The SMILES string of the molecule is C[C@H]1OC(C)(C)N(C(=O)OC(C)(C)C)[C@H]1C#N. The molecule has 96 valence electrons. The van der Waals surface area contributed by atoms with Gasteiger partial charge in [0.05, 0.1) is 12.2 Å². The first-order valence-electron chi connectivity index (χ1n) is 5.68. The van der Waals surface area contributed by atoms with Crippen LogP contribution in [0, 0.1) is 11.3 Å². The quantitative estimate of drug-likeness (QED) is 0.651. The molecule has 1 aliphatic heterocycles. The van der Waals surface area contributed by atoms with Gasteiger partial charge in [0.15, 0.2) is 6.04 Å². The van der Waals surface area contributed by atoms with Gasteiger partial charge in [-0.25, -0.2) is 4.79 Å². The highest BCUT2D eigenvalue weighted by molar-refractivity contribution is 5.70. The van der Waals surface area contributed by atoms with E-state index >= 15 is 0 Å². The number of ether oxygens (including phenoxy) is 2. The summed E-state index contributed by atoms with van der Waals surface area (Å²) in [5.74, 6) is 0. The van der Waals surface area contributed by atoms with Crippen molar-refractivity contribution in [1.82, 2.24) is 4.90 Å². The van der Waals surface area contributed by atoms with E-state index in [0.29, 0.717) is 0 Å². The van der Waals surface area contributed by atoms with Crippen molar-refractivity contribution < 1.29 is 14.3 Å². The topological polar surface area (TPSA) is 62.6 Å². The van der Waals surface area contributed by atoms with Crippen LogP contribution in [0.15, 0.2) is 0 Å². The monoisotopic (exact) mass is 240 g/mol. The maximum absolute atomic E-state index is 12.1. The van der Waals surface area contributed by atoms with Gasteiger partial charge < -0.3 is 9.47 Å².